The maximum Gasteiger partial charge on any atom is 0.123 e. The fraction of sp³-hybridized carbons (Fsp3) is 0.357. The van der Waals surface area contributed by atoms with Gasteiger partial charge in [-0.3, -0.25) is 0 Å². The molecule has 0 aliphatic carbocycles. The van der Waals surface area contributed by atoms with Crippen LogP contribution in [0, 0.1) is 5.82 Å². The zero-order chi connectivity index (χ0) is 13.0. The minimum absolute atomic E-state index is 0.223. The first-order valence-corrected chi connectivity index (χ1v) is 6.27. The van der Waals surface area contributed by atoms with Crippen LogP contribution in [0.15, 0.2) is 30.6 Å². The second kappa shape index (κ2) is 5.78. The number of imidazole rings is 1. The second-order valence-corrected chi connectivity index (χ2v) is 4.28. The summed E-state index contributed by atoms with van der Waals surface area (Å²) in [6, 6.07) is 4.82. The second-order valence-electron chi connectivity index (χ2n) is 4.28. The highest BCUT2D eigenvalue weighted by Gasteiger charge is 2.09. The maximum atomic E-state index is 13.3. The molecule has 2 rings (SSSR count). The molecule has 0 bridgehead atoms. The fourth-order valence-corrected chi connectivity index (χ4v) is 2.11. The average molecular weight is 247 g/mol. The number of nitrogens with two attached hydrogens (primary N) is 1. The molecule has 1 aromatic heterocycles. The topological polar surface area (TPSA) is 43.8 Å². The minimum atomic E-state index is -0.223. The van der Waals surface area contributed by atoms with Crippen LogP contribution in [-0.2, 0) is 12.8 Å². The Morgan fingerprint density at radius 1 is 1.33 bits per heavy atom. The van der Waals surface area contributed by atoms with Crippen LogP contribution in [0.25, 0.3) is 5.69 Å². The third-order valence-electron chi connectivity index (χ3n) is 2.91. The van der Waals surface area contributed by atoms with E-state index < -0.39 is 0 Å². The molecule has 0 unspecified atom stereocenters. The van der Waals surface area contributed by atoms with Gasteiger partial charge in [-0.25, -0.2) is 9.37 Å². The summed E-state index contributed by atoms with van der Waals surface area (Å²) in [7, 11) is 0. The van der Waals surface area contributed by atoms with Crippen molar-refractivity contribution in [1.29, 1.82) is 0 Å². The third kappa shape index (κ3) is 2.59. The van der Waals surface area contributed by atoms with Crippen molar-refractivity contribution >= 4 is 0 Å². The molecule has 18 heavy (non-hydrogen) atoms. The first-order valence-electron chi connectivity index (χ1n) is 6.27. The Morgan fingerprint density at radius 2 is 2.17 bits per heavy atom. The highest BCUT2D eigenvalue weighted by atomic mass is 19.1. The predicted molar refractivity (Wildman–Crippen MR) is 70.3 cm³/mol. The molecule has 4 heteroatoms. The lowest BCUT2D eigenvalue weighted by Crippen LogP contribution is -2.09. The minimum Gasteiger partial charge on any atom is -0.330 e. The quantitative estimate of drug-likeness (QED) is 0.882. The number of hydrogen-bond acceptors (Lipinski definition) is 2. The Bertz CT molecular complexity index is 520. The monoisotopic (exact) mass is 247 g/mol. The van der Waals surface area contributed by atoms with Gasteiger partial charge in [-0.05, 0) is 43.1 Å². The van der Waals surface area contributed by atoms with Crippen LogP contribution in [0.5, 0.6) is 0 Å². The van der Waals surface area contributed by atoms with E-state index in [1.165, 1.54) is 6.07 Å². The van der Waals surface area contributed by atoms with Gasteiger partial charge in [0.05, 0.1) is 5.69 Å². The standard InChI is InChI=1S/C14H18FN3/c1-2-3-14-17-8-9-18(14)13-5-4-12(15)10-11(13)6-7-16/h4-5,8-10H,2-3,6-7,16H2,1H3. The number of hydrogen-bond donors (Lipinski definition) is 1. The van der Waals surface area contributed by atoms with Crippen molar-refractivity contribution in [3.8, 4) is 5.69 Å². The van der Waals surface area contributed by atoms with Crippen molar-refractivity contribution in [3.05, 3.63) is 47.8 Å². The number of benzene rings is 1. The lowest BCUT2D eigenvalue weighted by molar-refractivity contribution is 0.624. The molecular weight excluding hydrogens is 229 g/mol. The van der Waals surface area contributed by atoms with Crippen LogP contribution in [-0.4, -0.2) is 16.1 Å². The molecule has 0 spiro atoms. The van der Waals surface area contributed by atoms with Gasteiger partial charge in [-0.1, -0.05) is 6.92 Å². The zero-order valence-electron chi connectivity index (χ0n) is 10.6. The van der Waals surface area contributed by atoms with Gasteiger partial charge in [0.15, 0.2) is 0 Å². The first kappa shape index (κ1) is 12.8. The molecule has 3 nitrogen and oxygen atoms in total. The van der Waals surface area contributed by atoms with Gasteiger partial charge >= 0.3 is 0 Å². The molecule has 2 aromatic rings. The third-order valence-corrected chi connectivity index (χ3v) is 2.91. The summed E-state index contributed by atoms with van der Waals surface area (Å²) >= 11 is 0. The van der Waals surface area contributed by atoms with E-state index in [4.69, 9.17) is 5.73 Å². The summed E-state index contributed by atoms with van der Waals surface area (Å²) in [5, 5.41) is 0. The molecular formula is C14H18FN3. The number of aromatic nitrogens is 2. The van der Waals surface area contributed by atoms with E-state index in [1.807, 2.05) is 10.8 Å². The van der Waals surface area contributed by atoms with Crippen LogP contribution < -0.4 is 5.73 Å². The smallest absolute Gasteiger partial charge is 0.123 e. The van der Waals surface area contributed by atoms with E-state index in [0.29, 0.717) is 13.0 Å². The highest BCUT2D eigenvalue weighted by Crippen LogP contribution is 2.19. The molecule has 0 aliphatic rings. The van der Waals surface area contributed by atoms with Crippen LogP contribution in [0.3, 0.4) is 0 Å². The van der Waals surface area contributed by atoms with Gasteiger partial charge in [-0.2, -0.15) is 0 Å². The van der Waals surface area contributed by atoms with E-state index in [-0.39, 0.29) is 5.82 Å². The van der Waals surface area contributed by atoms with Gasteiger partial charge < -0.3 is 10.3 Å². The number of aryl methyl sites for hydroxylation is 1. The predicted octanol–water partition coefficient (Wildman–Crippen LogP) is 2.47. The first-order chi connectivity index (χ1) is 8.76. The highest BCUT2D eigenvalue weighted by molar-refractivity contribution is 5.42. The lowest BCUT2D eigenvalue weighted by atomic mass is 10.1. The number of nitrogens with zero attached hydrogens (tertiary/aromatic N) is 2. The zero-order valence-corrected chi connectivity index (χ0v) is 10.6. The van der Waals surface area contributed by atoms with Gasteiger partial charge in [0.1, 0.15) is 11.6 Å². The summed E-state index contributed by atoms with van der Waals surface area (Å²) in [5.41, 5.74) is 7.48. The van der Waals surface area contributed by atoms with Crippen molar-refractivity contribution in [2.24, 2.45) is 5.73 Å². The van der Waals surface area contributed by atoms with E-state index >= 15 is 0 Å². The molecule has 0 amide bonds. The summed E-state index contributed by atoms with van der Waals surface area (Å²) in [6.07, 6.45) is 6.30. The van der Waals surface area contributed by atoms with Crippen molar-refractivity contribution in [2.45, 2.75) is 26.2 Å². The van der Waals surface area contributed by atoms with E-state index in [0.717, 1.165) is 29.9 Å². The van der Waals surface area contributed by atoms with Crippen molar-refractivity contribution in [1.82, 2.24) is 9.55 Å². The van der Waals surface area contributed by atoms with Crippen LogP contribution in [0.2, 0.25) is 0 Å². The van der Waals surface area contributed by atoms with Crippen LogP contribution in [0.1, 0.15) is 24.7 Å². The number of rotatable bonds is 5. The van der Waals surface area contributed by atoms with Gasteiger partial charge in [0.25, 0.3) is 0 Å². The molecule has 0 atom stereocenters. The van der Waals surface area contributed by atoms with Crippen LogP contribution >= 0.6 is 0 Å². The van der Waals surface area contributed by atoms with Crippen LogP contribution in [0.4, 0.5) is 4.39 Å². The van der Waals surface area contributed by atoms with Gasteiger partial charge in [0.2, 0.25) is 0 Å². The maximum absolute atomic E-state index is 13.3. The molecule has 1 aromatic carbocycles. The summed E-state index contributed by atoms with van der Waals surface area (Å²) in [4.78, 5) is 4.34. The van der Waals surface area contributed by atoms with Gasteiger partial charge in [0, 0.05) is 18.8 Å². The van der Waals surface area contributed by atoms with Gasteiger partial charge in [-0.15, -0.1) is 0 Å². The average Bonchev–Trinajstić information content (AvgIpc) is 2.78. The Balaban J connectivity index is 2.45. The molecule has 0 aliphatic heterocycles. The summed E-state index contributed by atoms with van der Waals surface area (Å²) in [5.74, 6) is 0.779. The number of halogens is 1. The molecule has 0 saturated heterocycles. The molecule has 2 N–H and O–H groups in total. The van der Waals surface area contributed by atoms with Crippen molar-refractivity contribution < 1.29 is 4.39 Å². The largest absolute Gasteiger partial charge is 0.330 e. The SMILES string of the molecule is CCCc1nccn1-c1ccc(F)cc1CCN. The fourth-order valence-electron chi connectivity index (χ4n) is 2.11. The Kier molecular flexibility index (Phi) is 4.10. The molecule has 96 valence electrons. The molecule has 0 fully saturated rings. The molecule has 1 heterocycles. The summed E-state index contributed by atoms with van der Waals surface area (Å²) in [6.45, 7) is 2.62. The Morgan fingerprint density at radius 3 is 2.89 bits per heavy atom. The Labute approximate surface area is 106 Å². The summed E-state index contributed by atoms with van der Waals surface area (Å²) < 4.78 is 15.3. The van der Waals surface area contributed by atoms with E-state index in [2.05, 4.69) is 11.9 Å². The van der Waals surface area contributed by atoms with Crippen molar-refractivity contribution in [3.63, 3.8) is 0 Å². The van der Waals surface area contributed by atoms with Crippen molar-refractivity contribution in [2.75, 3.05) is 6.54 Å². The Hall–Kier alpha value is -1.68. The molecule has 0 saturated carbocycles. The molecule has 0 radical (unpaired) electrons. The van der Waals surface area contributed by atoms with E-state index in [1.54, 1.807) is 18.3 Å². The normalized spacial score (nSPS) is 10.8. The lowest BCUT2D eigenvalue weighted by Gasteiger charge is -2.12. The van der Waals surface area contributed by atoms with E-state index in [9.17, 15) is 4.39 Å².